The van der Waals surface area contributed by atoms with E-state index < -0.39 is 16.9 Å². The highest BCUT2D eigenvalue weighted by atomic mass is 16.5. The van der Waals surface area contributed by atoms with Crippen LogP contribution in [0.5, 0.6) is 34.5 Å². The fourth-order valence-electron chi connectivity index (χ4n) is 2.61. The van der Waals surface area contributed by atoms with Gasteiger partial charge in [-0.15, -0.1) is 0 Å². The predicted molar refractivity (Wildman–Crippen MR) is 92.6 cm³/mol. The van der Waals surface area contributed by atoms with Gasteiger partial charge in [-0.3, -0.25) is 4.79 Å². The molecule has 2 aromatic carbocycles. The fraction of sp³-hybridized carbons (Fsp3) is 0.167. The Labute approximate surface area is 147 Å². The average molecular weight is 360 g/mol. The third-order valence-corrected chi connectivity index (χ3v) is 3.92. The van der Waals surface area contributed by atoms with Gasteiger partial charge in [0.05, 0.1) is 26.7 Å². The van der Waals surface area contributed by atoms with E-state index in [0.29, 0.717) is 5.56 Å². The lowest BCUT2D eigenvalue weighted by atomic mass is 10.1. The van der Waals surface area contributed by atoms with E-state index >= 15 is 0 Å². The zero-order valence-electron chi connectivity index (χ0n) is 14.2. The van der Waals surface area contributed by atoms with Crippen LogP contribution in [0.1, 0.15) is 0 Å². The Balaban J connectivity index is 2.40. The maximum Gasteiger partial charge on any atom is 0.235 e. The van der Waals surface area contributed by atoms with Gasteiger partial charge in [0, 0.05) is 5.56 Å². The molecule has 0 saturated heterocycles. The van der Waals surface area contributed by atoms with Crippen molar-refractivity contribution in [2.24, 2.45) is 0 Å². The van der Waals surface area contributed by atoms with Crippen molar-refractivity contribution in [1.29, 1.82) is 0 Å². The van der Waals surface area contributed by atoms with Crippen LogP contribution in [0, 0.1) is 0 Å². The molecule has 3 N–H and O–H groups in total. The Morgan fingerprint density at radius 3 is 2.19 bits per heavy atom. The molecule has 1 heterocycles. The molecule has 26 heavy (non-hydrogen) atoms. The summed E-state index contributed by atoms with van der Waals surface area (Å²) >= 11 is 0. The van der Waals surface area contributed by atoms with Crippen molar-refractivity contribution >= 4 is 11.0 Å². The second kappa shape index (κ2) is 6.40. The normalized spacial score (nSPS) is 10.7. The highest BCUT2D eigenvalue weighted by Crippen LogP contribution is 2.44. The van der Waals surface area contributed by atoms with E-state index in [2.05, 4.69) is 0 Å². The number of rotatable bonds is 4. The largest absolute Gasteiger partial charge is 0.504 e. The third-order valence-electron chi connectivity index (χ3n) is 3.92. The molecule has 0 amide bonds. The average Bonchev–Trinajstić information content (AvgIpc) is 2.65. The molecule has 0 saturated carbocycles. The van der Waals surface area contributed by atoms with Gasteiger partial charge in [0.15, 0.2) is 28.6 Å². The van der Waals surface area contributed by atoms with Crippen LogP contribution >= 0.6 is 0 Å². The predicted octanol–water partition coefficient (Wildman–Crippen LogP) is 2.60. The standard InChI is InChI=1S/C18H16O8/c1-23-11-6-8(4-5-10(11)19)16-18(25-3)13(20)9-7-12(24-2)14(21)15(22)17(9)26-16/h4-7,19,21-22H,1-3H3. The lowest BCUT2D eigenvalue weighted by molar-refractivity contribution is 0.349. The lowest BCUT2D eigenvalue weighted by Crippen LogP contribution is -2.08. The van der Waals surface area contributed by atoms with Crippen molar-refractivity contribution in [3.8, 4) is 45.8 Å². The van der Waals surface area contributed by atoms with Gasteiger partial charge < -0.3 is 33.9 Å². The smallest absolute Gasteiger partial charge is 0.235 e. The highest BCUT2D eigenvalue weighted by Gasteiger charge is 2.23. The van der Waals surface area contributed by atoms with E-state index in [0.717, 1.165) is 0 Å². The molecule has 136 valence electrons. The van der Waals surface area contributed by atoms with Gasteiger partial charge in [-0.2, -0.15) is 0 Å². The Kier molecular flexibility index (Phi) is 4.25. The molecule has 0 aliphatic heterocycles. The van der Waals surface area contributed by atoms with Crippen molar-refractivity contribution in [3.63, 3.8) is 0 Å². The van der Waals surface area contributed by atoms with E-state index in [9.17, 15) is 20.1 Å². The quantitative estimate of drug-likeness (QED) is 0.608. The zero-order chi connectivity index (χ0) is 19.0. The summed E-state index contributed by atoms with van der Waals surface area (Å²) in [6.07, 6.45) is 0. The van der Waals surface area contributed by atoms with Gasteiger partial charge in [0.25, 0.3) is 0 Å². The molecular formula is C18H16O8. The van der Waals surface area contributed by atoms with Crippen LogP contribution in [0.3, 0.4) is 0 Å². The second-order valence-corrected chi connectivity index (χ2v) is 5.33. The first-order valence-corrected chi connectivity index (χ1v) is 7.44. The number of phenols is 3. The Hall–Kier alpha value is -3.55. The second-order valence-electron chi connectivity index (χ2n) is 5.33. The topological polar surface area (TPSA) is 119 Å². The van der Waals surface area contributed by atoms with Crippen molar-refractivity contribution in [2.45, 2.75) is 0 Å². The summed E-state index contributed by atoms with van der Waals surface area (Å²) in [5.74, 6) is -1.31. The molecule has 0 unspecified atom stereocenters. The number of ether oxygens (including phenoxy) is 3. The molecule has 3 rings (SSSR count). The molecule has 8 nitrogen and oxygen atoms in total. The fourth-order valence-corrected chi connectivity index (χ4v) is 2.61. The van der Waals surface area contributed by atoms with Crippen molar-refractivity contribution < 1.29 is 33.9 Å². The molecule has 3 aromatic rings. The number of phenolic OH excluding ortho intramolecular Hbond substituents is 3. The van der Waals surface area contributed by atoms with Crippen molar-refractivity contribution in [3.05, 3.63) is 34.5 Å². The molecular weight excluding hydrogens is 344 g/mol. The first-order valence-electron chi connectivity index (χ1n) is 7.44. The van der Waals surface area contributed by atoms with Crippen LogP contribution in [0.4, 0.5) is 0 Å². The van der Waals surface area contributed by atoms with Gasteiger partial charge >= 0.3 is 0 Å². The Morgan fingerprint density at radius 2 is 1.58 bits per heavy atom. The molecule has 0 aliphatic rings. The number of aromatic hydroxyl groups is 3. The molecule has 0 atom stereocenters. The molecule has 0 radical (unpaired) electrons. The first-order chi connectivity index (χ1) is 12.4. The minimum atomic E-state index is -0.633. The molecule has 0 bridgehead atoms. The van der Waals surface area contributed by atoms with Crippen LogP contribution in [0.25, 0.3) is 22.3 Å². The maximum absolute atomic E-state index is 12.8. The number of fused-ring (bicyclic) bond motifs is 1. The van der Waals surface area contributed by atoms with Crippen LogP contribution in [0.2, 0.25) is 0 Å². The number of benzene rings is 2. The van der Waals surface area contributed by atoms with E-state index in [4.69, 9.17) is 18.6 Å². The van der Waals surface area contributed by atoms with Crippen molar-refractivity contribution in [1.82, 2.24) is 0 Å². The van der Waals surface area contributed by atoms with Gasteiger partial charge in [0.2, 0.25) is 22.7 Å². The molecule has 1 aromatic heterocycles. The summed E-state index contributed by atoms with van der Waals surface area (Å²) in [5, 5.41) is 29.9. The SMILES string of the molecule is COc1cc(-c2oc3c(O)c(O)c(OC)cc3c(=O)c2OC)ccc1O. The van der Waals surface area contributed by atoms with Gasteiger partial charge in [-0.05, 0) is 24.3 Å². The van der Waals surface area contributed by atoms with Crippen LogP contribution < -0.4 is 19.6 Å². The summed E-state index contributed by atoms with van der Waals surface area (Å²) in [6.45, 7) is 0. The Bertz CT molecular complexity index is 1050. The molecule has 0 spiro atoms. The van der Waals surface area contributed by atoms with E-state index in [-0.39, 0.29) is 39.7 Å². The maximum atomic E-state index is 12.8. The number of hydrogen-bond donors (Lipinski definition) is 3. The van der Waals surface area contributed by atoms with Gasteiger partial charge in [0.1, 0.15) is 0 Å². The Morgan fingerprint density at radius 1 is 0.885 bits per heavy atom. The van der Waals surface area contributed by atoms with E-state index in [1.54, 1.807) is 0 Å². The van der Waals surface area contributed by atoms with Crippen LogP contribution in [-0.2, 0) is 0 Å². The number of methoxy groups -OCH3 is 3. The monoisotopic (exact) mass is 360 g/mol. The summed E-state index contributed by atoms with van der Waals surface area (Å²) < 4.78 is 20.9. The molecule has 0 fully saturated rings. The lowest BCUT2D eigenvalue weighted by Gasteiger charge is -2.13. The molecule has 8 heteroatoms. The summed E-state index contributed by atoms with van der Waals surface area (Å²) in [4.78, 5) is 12.8. The van der Waals surface area contributed by atoms with Gasteiger partial charge in [-0.25, -0.2) is 0 Å². The van der Waals surface area contributed by atoms with Crippen LogP contribution in [-0.4, -0.2) is 36.6 Å². The van der Waals surface area contributed by atoms with Crippen molar-refractivity contribution in [2.75, 3.05) is 21.3 Å². The minimum absolute atomic E-state index is 0.00293. The first kappa shape index (κ1) is 17.3. The van der Waals surface area contributed by atoms with E-state index in [1.807, 2.05) is 0 Å². The molecule has 0 aliphatic carbocycles. The third kappa shape index (κ3) is 2.52. The summed E-state index contributed by atoms with van der Waals surface area (Å²) in [6, 6.07) is 5.55. The summed E-state index contributed by atoms with van der Waals surface area (Å²) in [5.41, 5.74) is -0.425. The van der Waals surface area contributed by atoms with Gasteiger partial charge in [-0.1, -0.05) is 0 Å². The summed E-state index contributed by atoms with van der Waals surface area (Å²) in [7, 11) is 3.97. The highest BCUT2D eigenvalue weighted by molar-refractivity contribution is 5.90. The van der Waals surface area contributed by atoms with E-state index in [1.165, 1.54) is 45.6 Å². The zero-order valence-corrected chi connectivity index (χ0v) is 14.2. The van der Waals surface area contributed by atoms with Crippen LogP contribution in [0.15, 0.2) is 33.5 Å². The number of hydrogen-bond acceptors (Lipinski definition) is 8. The minimum Gasteiger partial charge on any atom is -0.504 e.